The number of nitrogens with zero attached hydrogens (tertiary/aromatic N) is 2. The summed E-state index contributed by atoms with van der Waals surface area (Å²) in [6.45, 7) is 3.78. The lowest BCUT2D eigenvalue weighted by molar-refractivity contribution is -0.119. The van der Waals surface area contributed by atoms with Gasteiger partial charge < -0.3 is 14.9 Å². The fourth-order valence-corrected chi connectivity index (χ4v) is 4.10. The van der Waals surface area contributed by atoms with Crippen molar-refractivity contribution in [1.29, 1.82) is 0 Å². The van der Waals surface area contributed by atoms with Crippen LogP contribution in [-0.4, -0.2) is 42.1 Å². The number of hydrogen-bond donors (Lipinski definition) is 1. The van der Waals surface area contributed by atoms with Crippen LogP contribution in [0.15, 0.2) is 18.2 Å². The molecule has 0 spiro atoms. The van der Waals surface area contributed by atoms with Gasteiger partial charge in [-0.2, -0.15) is 0 Å². The second-order valence-electron chi connectivity index (χ2n) is 7.63. The van der Waals surface area contributed by atoms with E-state index < -0.39 is 6.10 Å². The van der Waals surface area contributed by atoms with Crippen molar-refractivity contribution in [2.24, 2.45) is 5.92 Å². The second-order valence-corrected chi connectivity index (χ2v) is 7.63. The van der Waals surface area contributed by atoms with Crippen LogP contribution < -0.4 is 4.90 Å². The minimum absolute atomic E-state index is 0.264. The molecule has 1 atom stereocenters. The quantitative estimate of drug-likeness (QED) is 0.924. The number of benzene rings is 1. The second kappa shape index (κ2) is 6.85. The molecule has 1 aromatic rings. The molecule has 1 aliphatic carbocycles. The number of anilines is 1. The van der Waals surface area contributed by atoms with Crippen LogP contribution in [0.25, 0.3) is 0 Å². The summed E-state index contributed by atoms with van der Waals surface area (Å²) in [4.78, 5) is 16.8. The zero-order valence-corrected chi connectivity index (χ0v) is 14.4. The van der Waals surface area contributed by atoms with E-state index in [1.807, 2.05) is 11.0 Å². The SMILES string of the molecule is O=C(C1CC1)N1CCCc2cc([C@H](O)CN3CCCCC3)ccc21. The number of aliphatic hydroxyl groups excluding tert-OH is 1. The fraction of sp³-hybridized carbons (Fsp3) is 0.650. The number of β-amino-alcohol motifs (C(OH)–C–C–N with tert-alkyl or cyclic N) is 1. The summed E-state index contributed by atoms with van der Waals surface area (Å²) in [6.07, 6.45) is 7.52. The number of aryl methyl sites for hydroxylation is 1. The van der Waals surface area contributed by atoms with Gasteiger partial charge in [0.05, 0.1) is 6.10 Å². The Hall–Kier alpha value is -1.39. The van der Waals surface area contributed by atoms with Crippen LogP contribution in [-0.2, 0) is 11.2 Å². The van der Waals surface area contributed by atoms with E-state index in [2.05, 4.69) is 17.0 Å². The highest BCUT2D eigenvalue weighted by Gasteiger charge is 2.35. The van der Waals surface area contributed by atoms with Crippen LogP contribution in [0.2, 0.25) is 0 Å². The number of piperidine rings is 1. The molecule has 1 N–H and O–H groups in total. The summed E-state index contributed by atoms with van der Waals surface area (Å²) in [5.41, 5.74) is 3.30. The Morgan fingerprint density at radius 3 is 2.67 bits per heavy atom. The summed E-state index contributed by atoms with van der Waals surface area (Å²) in [5, 5.41) is 10.6. The number of likely N-dealkylation sites (tertiary alicyclic amines) is 1. The maximum atomic E-state index is 12.5. The van der Waals surface area contributed by atoms with Gasteiger partial charge in [-0.05, 0) is 68.8 Å². The van der Waals surface area contributed by atoms with E-state index in [0.29, 0.717) is 5.91 Å². The van der Waals surface area contributed by atoms with Crippen molar-refractivity contribution < 1.29 is 9.90 Å². The van der Waals surface area contributed by atoms with Crippen molar-refractivity contribution in [3.8, 4) is 0 Å². The van der Waals surface area contributed by atoms with E-state index in [-0.39, 0.29) is 5.92 Å². The molecule has 2 aliphatic heterocycles. The van der Waals surface area contributed by atoms with Crippen molar-refractivity contribution >= 4 is 11.6 Å². The monoisotopic (exact) mass is 328 g/mol. The Morgan fingerprint density at radius 2 is 1.92 bits per heavy atom. The summed E-state index contributed by atoms with van der Waals surface area (Å²) >= 11 is 0. The molecule has 0 aromatic heterocycles. The van der Waals surface area contributed by atoms with Crippen molar-refractivity contribution in [3.63, 3.8) is 0 Å². The molecule has 4 heteroatoms. The summed E-state index contributed by atoms with van der Waals surface area (Å²) in [5.74, 6) is 0.567. The predicted octanol–water partition coefficient (Wildman–Crippen LogP) is 2.90. The molecule has 1 amide bonds. The molecule has 1 saturated carbocycles. The number of aliphatic hydroxyl groups is 1. The van der Waals surface area contributed by atoms with Crippen LogP contribution in [0, 0.1) is 5.92 Å². The smallest absolute Gasteiger partial charge is 0.230 e. The average molecular weight is 328 g/mol. The summed E-state index contributed by atoms with van der Waals surface area (Å²) in [7, 11) is 0. The van der Waals surface area contributed by atoms with Gasteiger partial charge in [0, 0.05) is 24.7 Å². The number of rotatable bonds is 4. The Labute approximate surface area is 144 Å². The van der Waals surface area contributed by atoms with Crippen LogP contribution >= 0.6 is 0 Å². The van der Waals surface area contributed by atoms with Crippen LogP contribution in [0.4, 0.5) is 5.69 Å². The van der Waals surface area contributed by atoms with Gasteiger partial charge in [0.25, 0.3) is 0 Å². The molecule has 4 nitrogen and oxygen atoms in total. The van der Waals surface area contributed by atoms with E-state index in [1.54, 1.807) is 0 Å². The molecule has 0 bridgehead atoms. The maximum Gasteiger partial charge on any atom is 0.230 e. The van der Waals surface area contributed by atoms with Gasteiger partial charge in [0.2, 0.25) is 5.91 Å². The van der Waals surface area contributed by atoms with Crippen LogP contribution in [0.5, 0.6) is 0 Å². The van der Waals surface area contributed by atoms with Crippen molar-refractivity contribution in [2.45, 2.75) is 51.0 Å². The van der Waals surface area contributed by atoms with Gasteiger partial charge in [-0.15, -0.1) is 0 Å². The topological polar surface area (TPSA) is 43.8 Å². The summed E-state index contributed by atoms with van der Waals surface area (Å²) < 4.78 is 0. The predicted molar refractivity (Wildman–Crippen MR) is 95.1 cm³/mol. The minimum Gasteiger partial charge on any atom is -0.387 e. The van der Waals surface area contributed by atoms with E-state index in [0.717, 1.165) is 63.1 Å². The molecule has 24 heavy (non-hydrogen) atoms. The van der Waals surface area contributed by atoms with Gasteiger partial charge in [-0.3, -0.25) is 4.79 Å². The lowest BCUT2D eigenvalue weighted by Gasteiger charge is -2.31. The van der Waals surface area contributed by atoms with Crippen LogP contribution in [0.3, 0.4) is 0 Å². The van der Waals surface area contributed by atoms with Gasteiger partial charge >= 0.3 is 0 Å². The fourth-order valence-electron chi connectivity index (χ4n) is 4.10. The van der Waals surface area contributed by atoms with Crippen molar-refractivity contribution in [1.82, 2.24) is 4.90 Å². The first kappa shape index (κ1) is 16.1. The minimum atomic E-state index is -0.428. The molecular weight excluding hydrogens is 300 g/mol. The van der Waals surface area contributed by atoms with Gasteiger partial charge in [0.1, 0.15) is 0 Å². The third-order valence-electron chi connectivity index (χ3n) is 5.68. The molecular formula is C20H28N2O2. The highest BCUT2D eigenvalue weighted by atomic mass is 16.3. The Balaban J connectivity index is 1.48. The molecule has 4 rings (SSSR count). The largest absolute Gasteiger partial charge is 0.387 e. The standard InChI is InChI=1S/C20H28N2O2/c23-19(14-21-10-2-1-3-11-21)17-8-9-18-16(13-17)5-4-12-22(18)20(24)15-6-7-15/h8-9,13,15,19,23H,1-7,10-12,14H2/t19-/m1/s1. The molecule has 2 heterocycles. The molecule has 1 aromatic carbocycles. The third kappa shape index (κ3) is 3.35. The molecule has 2 fully saturated rings. The van der Waals surface area contributed by atoms with E-state index in [9.17, 15) is 9.90 Å². The highest BCUT2D eigenvalue weighted by Crippen LogP contribution is 2.36. The number of hydrogen-bond acceptors (Lipinski definition) is 3. The third-order valence-corrected chi connectivity index (χ3v) is 5.68. The molecule has 3 aliphatic rings. The Kier molecular flexibility index (Phi) is 4.59. The van der Waals surface area contributed by atoms with Crippen LogP contribution in [0.1, 0.15) is 55.8 Å². The Bertz CT molecular complexity index is 606. The Morgan fingerprint density at radius 1 is 1.12 bits per heavy atom. The first-order valence-electron chi connectivity index (χ1n) is 9.57. The van der Waals surface area contributed by atoms with Crippen molar-refractivity contribution in [3.05, 3.63) is 29.3 Å². The number of amides is 1. The molecule has 1 saturated heterocycles. The van der Waals surface area contributed by atoms with E-state index >= 15 is 0 Å². The van der Waals surface area contributed by atoms with Crippen molar-refractivity contribution in [2.75, 3.05) is 31.1 Å². The van der Waals surface area contributed by atoms with Gasteiger partial charge in [0.15, 0.2) is 0 Å². The first-order valence-corrected chi connectivity index (χ1v) is 9.57. The summed E-state index contributed by atoms with van der Waals surface area (Å²) in [6, 6.07) is 6.21. The van der Waals surface area contributed by atoms with E-state index in [4.69, 9.17) is 0 Å². The molecule has 0 unspecified atom stereocenters. The molecule has 130 valence electrons. The normalized spacial score (nSPS) is 23.0. The maximum absolute atomic E-state index is 12.5. The average Bonchev–Trinajstić information content (AvgIpc) is 3.46. The first-order chi connectivity index (χ1) is 11.7. The van der Waals surface area contributed by atoms with Gasteiger partial charge in [-0.1, -0.05) is 18.6 Å². The lowest BCUT2D eigenvalue weighted by atomic mass is 9.96. The number of carbonyl (C=O) groups is 1. The highest BCUT2D eigenvalue weighted by molar-refractivity contribution is 5.97. The molecule has 0 radical (unpaired) electrons. The number of carbonyl (C=O) groups excluding carboxylic acids is 1. The van der Waals surface area contributed by atoms with E-state index in [1.165, 1.54) is 24.8 Å². The zero-order chi connectivity index (χ0) is 16.5. The lowest BCUT2D eigenvalue weighted by Crippen LogP contribution is -2.36. The zero-order valence-electron chi connectivity index (χ0n) is 14.4. The van der Waals surface area contributed by atoms with Gasteiger partial charge in [-0.25, -0.2) is 0 Å². The number of fused-ring (bicyclic) bond motifs is 1.